The van der Waals surface area contributed by atoms with Gasteiger partial charge >= 0.3 is 5.97 Å². The van der Waals surface area contributed by atoms with Gasteiger partial charge in [0.1, 0.15) is 17.7 Å². The zero-order valence-corrected chi connectivity index (χ0v) is 29.8. The van der Waals surface area contributed by atoms with Crippen LogP contribution >= 0.6 is 15.9 Å². The van der Waals surface area contributed by atoms with Gasteiger partial charge in [0.05, 0.1) is 37.1 Å². The summed E-state index contributed by atoms with van der Waals surface area (Å²) in [6.07, 6.45) is 3.54. The van der Waals surface area contributed by atoms with Crippen molar-refractivity contribution in [2.75, 3.05) is 19.7 Å². The SMILES string of the molecule is C=CCCC(=O)NC[C@H](OC(=O)[C@@H]1[C@H]2O[C@@]3(CC2Br)[C@H](C(=O)N(CC=C)C(C)(C)C)N([C@@H](CO)[C@@H](C)CC)C(=O)[C@@H]13)c1ccccc1. The number of likely N-dealkylation sites (tertiary alicyclic amines) is 1. The Hall–Kier alpha value is -3.02. The van der Waals surface area contributed by atoms with Crippen LogP contribution in [-0.4, -0.2) is 92.4 Å². The Bertz CT molecular complexity index is 1330. The molecule has 0 aromatic heterocycles. The molecular formula is C36H50BrN3O7. The molecule has 1 unspecified atom stereocenters. The Morgan fingerprint density at radius 2 is 1.91 bits per heavy atom. The van der Waals surface area contributed by atoms with E-state index in [2.05, 4.69) is 34.4 Å². The second-order valence-electron chi connectivity index (χ2n) is 13.9. The molecule has 2 N–H and O–H groups in total. The van der Waals surface area contributed by atoms with Crippen molar-refractivity contribution in [2.45, 2.75) is 101 Å². The number of fused-ring (bicyclic) bond motifs is 1. The van der Waals surface area contributed by atoms with Crippen molar-refractivity contribution < 1.29 is 33.8 Å². The summed E-state index contributed by atoms with van der Waals surface area (Å²) < 4.78 is 12.9. The molecule has 3 fully saturated rings. The van der Waals surface area contributed by atoms with E-state index in [-0.39, 0.29) is 48.7 Å². The molecular weight excluding hydrogens is 666 g/mol. The molecule has 1 spiro atoms. The van der Waals surface area contributed by atoms with Gasteiger partial charge in [-0.25, -0.2) is 0 Å². The van der Waals surface area contributed by atoms with E-state index in [4.69, 9.17) is 9.47 Å². The fourth-order valence-electron chi connectivity index (χ4n) is 7.40. The van der Waals surface area contributed by atoms with Gasteiger partial charge in [0, 0.05) is 23.3 Å². The molecule has 0 aliphatic carbocycles. The number of esters is 1. The number of carbonyl (C=O) groups excluding carboxylic acids is 4. The molecule has 1 aromatic rings. The number of hydrogen-bond donors (Lipinski definition) is 2. The molecule has 3 amide bonds. The van der Waals surface area contributed by atoms with E-state index >= 15 is 0 Å². The van der Waals surface area contributed by atoms with Gasteiger partial charge in [0.15, 0.2) is 0 Å². The minimum atomic E-state index is -1.32. The van der Waals surface area contributed by atoms with E-state index in [1.807, 2.05) is 65.0 Å². The van der Waals surface area contributed by atoms with Crippen LogP contribution < -0.4 is 5.32 Å². The lowest BCUT2D eigenvalue weighted by atomic mass is 9.70. The highest BCUT2D eigenvalue weighted by Gasteiger charge is 2.78. The van der Waals surface area contributed by atoms with Gasteiger partial charge < -0.3 is 29.7 Å². The summed E-state index contributed by atoms with van der Waals surface area (Å²) >= 11 is 3.72. The lowest BCUT2D eigenvalue weighted by molar-refractivity contribution is -0.161. The van der Waals surface area contributed by atoms with E-state index < -0.39 is 59.1 Å². The monoisotopic (exact) mass is 715 g/mol. The predicted octanol–water partition coefficient (Wildman–Crippen LogP) is 4.32. The van der Waals surface area contributed by atoms with E-state index in [1.54, 1.807) is 17.1 Å². The van der Waals surface area contributed by atoms with Crippen LogP contribution in [0.15, 0.2) is 55.6 Å². The maximum absolute atomic E-state index is 14.7. The van der Waals surface area contributed by atoms with E-state index in [1.165, 1.54) is 4.90 Å². The standard InChI is InChI=1S/C36H50BrN3O7/c1-8-11-17-27(42)38-20-26(23-15-13-12-14-16-23)46-34(45)28-29-32(43)40(25(21-41)22(4)10-3)31(36(29)19-24(37)30(28)47-36)33(44)39(18-9-2)35(5,6)7/h8-9,12-16,22,24-26,28-31,41H,1-2,10-11,17-21H2,3-7H3,(H,38,42)/t22-,24?,25-,26-,28-,29+,30-,31-,36+/m0/s1. The second kappa shape index (κ2) is 15.0. The number of nitrogens with one attached hydrogen (secondary N) is 1. The van der Waals surface area contributed by atoms with Gasteiger partial charge in [0.25, 0.3) is 0 Å². The Morgan fingerprint density at radius 1 is 1.23 bits per heavy atom. The fourth-order valence-corrected chi connectivity index (χ4v) is 8.34. The van der Waals surface area contributed by atoms with Crippen molar-refractivity contribution in [1.29, 1.82) is 0 Å². The first kappa shape index (κ1) is 36.8. The summed E-state index contributed by atoms with van der Waals surface area (Å²) in [4.78, 5) is 59.0. The number of amides is 3. The Kier molecular flexibility index (Phi) is 11.8. The van der Waals surface area contributed by atoms with Crippen LogP contribution in [0.4, 0.5) is 0 Å². The van der Waals surface area contributed by atoms with Gasteiger partial charge in [-0.05, 0) is 45.1 Å². The van der Waals surface area contributed by atoms with Crippen LogP contribution in [0.5, 0.6) is 0 Å². The number of ether oxygens (including phenoxy) is 2. The molecule has 11 heteroatoms. The van der Waals surface area contributed by atoms with Crippen LogP contribution in [-0.2, 0) is 28.7 Å². The Morgan fingerprint density at radius 3 is 2.49 bits per heavy atom. The first-order valence-electron chi connectivity index (χ1n) is 16.6. The summed E-state index contributed by atoms with van der Waals surface area (Å²) in [5.74, 6) is -3.68. The highest BCUT2D eigenvalue weighted by Crippen LogP contribution is 2.61. The molecule has 2 bridgehead atoms. The minimum absolute atomic E-state index is 0.0431. The third-order valence-electron chi connectivity index (χ3n) is 9.96. The van der Waals surface area contributed by atoms with E-state index in [9.17, 15) is 24.3 Å². The Labute approximate surface area is 287 Å². The number of rotatable bonds is 15. The smallest absolute Gasteiger partial charge is 0.313 e. The van der Waals surface area contributed by atoms with Gasteiger partial charge in [-0.3, -0.25) is 19.2 Å². The van der Waals surface area contributed by atoms with Crippen molar-refractivity contribution in [2.24, 2.45) is 17.8 Å². The molecule has 0 saturated carbocycles. The number of nitrogens with zero attached hydrogens (tertiary/aromatic N) is 2. The summed E-state index contributed by atoms with van der Waals surface area (Å²) in [6, 6.07) is 7.39. The molecule has 3 saturated heterocycles. The van der Waals surface area contributed by atoms with E-state index in [0.29, 0.717) is 24.8 Å². The minimum Gasteiger partial charge on any atom is -0.455 e. The maximum Gasteiger partial charge on any atom is 0.313 e. The lowest BCUT2D eigenvalue weighted by Crippen LogP contribution is -2.62. The number of aliphatic hydroxyl groups is 1. The molecule has 9 atom stereocenters. The summed E-state index contributed by atoms with van der Waals surface area (Å²) in [6.45, 7) is 17.1. The average Bonchev–Trinajstić information content (AvgIpc) is 3.63. The molecule has 1 aromatic carbocycles. The molecule has 10 nitrogen and oxygen atoms in total. The number of allylic oxidation sites excluding steroid dienone is 1. The van der Waals surface area contributed by atoms with Crippen LogP contribution in [0, 0.1) is 17.8 Å². The van der Waals surface area contributed by atoms with Crippen molar-refractivity contribution >= 4 is 39.6 Å². The van der Waals surface area contributed by atoms with Crippen molar-refractivity contribution in [3.05, 3.63) is 61.2 Å². The average molecular weight is 717 g/mol. The number of aliphatic hydroxyl groups excluding tert-OH is 1. The molecule has 4 rings (SSSR count). The fraction of sp³-hybridized carbons (Fsp3) is 0.611. The summed E-state index contributed by atoms with van der Waals surface area (Å²) in [7, 11) is 0. The van der Waals surface area contributed by atoms with Crippen molar-refractivity contribution in [3.8, 4) is 0 Å². The summed E-state index contributed by atoms with van der Waals surface area (Å²) in [5, 5.41) is 13.5. The number of carbonyl (C=O) groups is 4. The normalized spacial score (nSPS) is 28.3. The number of hydrogen-bond acceptors (Lipinski definition) is 7. The quantitative estimate of drug-likeness (QED) is 0.157. The zero-order valence-electron chi connectivity index (χ0n) is 28.2. The third-order valence-corrected chi connectivity index (χ3v) is 10.8. The van der Waals surface area contributed by atoms with Gasteiger partial charge in [-0.15, -0.1) is 13.2 Å². The van der Waals surface area contributed by atoms with Crippen LogP contribution in [0.3, 0.4) is 0 Å². The first-order chi connectivity index (χ1) is 22.3. The largest absolute Gasteiger partial charge is 0.455 e. The van der Waals surface area contributed by atoms with Crippen LogP contribution in [0.25, 0.3) is 0 Å². The molecule has 47 heavy (non-hydrogen) atoms. The molecule has 258 valence electrons. The zero-order chi connectivity index (χ0) is 34.7. The van der Waals surface area contributed by atoms with E-state index in [0.717, 1.165) is 0 Å². The van der Waals surface area contributed by atoms with Gasteiger partial charge in [-0.1, -0.05) is 78.7 Å². The highest BCUT2D eigenvalue weighted by molar-refractivity contribution is 9.09. The number of halogens is 1. The summed E-state index contributed by atoms with van der Waals surface area (Å²) in [5.41, 5.74) is -1.24. The molecule has 3 aliphatic heterocycles. The van der Waals surface area contributed by atoms with Crippen LogP contribution in [0.2, 0.25) is 0 Å². The molecule has 3 heterocycles. The third kappa shape index (κ3) is 7.08. The topological polar surface area (TPSA) is 125 Å². The van der Waals surface area contributed by atoms with Gasteiger partial charge in [0.2, 0.25) is 17.7 Å². The number of alkyl halides is 1. The van der Waals surface area contributed by atoms with Gasteiger partial charge in [-0.2, -0.15) is 0 Å². The first-order valence-corrected chi connectivity index (χ1v) is 17.5. The highest BCUT2D eigenvalue weighted by atomic mass is 79.9. The maximum atomic E-state index is 14.7. The number of benzene rings is 1. The Balaban J connectivity index is 1.74. The van der Waals surface area contributed by atoms with Crippen LogP contribution in [0.1, 0.15) is 72.0 Å². The molecule has 0 radical (unpaired) electrons. The lowest BCUT2D eigenvalue weighted by Gasteiger charge is -2.44. The molecule has 3 aliphatic rings. The predicted molar refractivity (Wildman–Crippen MR) is 182 cm³/mol. The van der Waals surface area contributed by atoms with Crippen molar-refractivity contribution in [3.63, 3.8) is 0 Å². The van der Waals surface area contributed by atoms with Crippen molar-refractivity contribution in [1.82, 2.24) is 15.1 Å². The second-order valence-corrected chi connectivity index (χ2v) is 15.1.